The van der Waals surface area contributed by atoms with Crippen LogP contribution in [0.2, 0.25) is 0 Å². The van der Waals surface area contributed by atoms with Crippen molar-refractivity contribution in [2.75, 3.05) is 23.9 Å². The molecule has 6 nitrogen and oxygen atoms in total. The monoisotopic (exact) mass is 344 g/mol. The summed E-state index contributed by atoms with van der Waals surface area (Å²) in [6.07, 6.45) is 0. The summed E-state index contributed by atoms with van der Waals surface area (Å²) < 4.78 is 17.5. The Morgan fingerprint density at radius 1 is 1.12 bits per heavy atom. The van der Waals surface area contributed by atoms with Gasteiger partial charge in [-0.05, 0) is 42.5 Å². The Labute approximate surface area is 144 Å². The molecule has 2 aromatic carbocycles. The van der Waals surface area contributed by atoms with E-state index in [1.54, 1.807) is 18.2 Å². The number of rotatable bonds is 5. The van der Waals surface area contributed by atoms with E-state index >= 15 is 0 Å². The minimum atomic E-state index is -0.541. The lowest BCUT2D eigenvalue weighted by Gasteiger charge is -2.21. The Bertz CT molecular complexity index is 790. The van der Waals surface area contributed by atoms with Gasteiger partial charge in [0.2, 0.25) is 11.8 Å². The first kappa shape index (κ1) is 18.1. The van der Waals surface area contributed by atoms with Crippen molar-refractivity contribution in [3.63, 3.8) is 0 Å². The van der Waals surface area contributed by atoms with Crippen LogP contribution in [0.5, 0.6) is 0 Å². The molecule has 0 unspecified atom stereocenters. The number of carbonyl (C=O) groups is 3. The second-order valence-electron chi connectivity index (χ2n) is 5.20. The van der Waals surface area contributed by atoms with Crippen molar-refractivity contribution in [3.8, 4) is 0 Å². The van der Waals surface area contributed by atoms with Crippen molar-refractivity contribution >= 4 is 29.2 Å². The average molecular weight is 344 g/mol. The van der Waals surface area contributed by atoms with Crippen LogP contribution >= 0.6 is 0 Å². The maximum absolute atomic E-state index is 12.9. The van der Waals surface area contributed by atoms with Gasteiger partial charge in [0.1, 0.15) is 12.4 Å². The minimum Gasteiger partial charge on any atom is -0.465 e. The topological polar surface area (TPSA) is 75.7 Å². The predicted octanol–water partition coefficient (Wildman–Crippen LogP) is 2.60. The molecule has 130 valence electrons. The third kappa shape index (κ3) is 4.87. The van der Waals surface area contributed by atoms with Gasteiger partial charge in [0.25, 0.3) is 0 Å². The number of hydrogen-bond donors (Lipinski definition) is 1. The van der Waals surface area contributed by atoms with Crippen LogP contribution in [-0.4, -0.2) is 31.4 Å². The van der Waals surface area contributed by atoms with E-state index in [0.29, 0.717) is 11.4 Å². The normalized spacial score (nSPS) is 10.0. The summed E-state index contributed by atoms with van der Waals surface area (Å²) in [7, 11) is 1.26. The molecule has 0 atom stereocenters. The Hall–Kier alpha value is -3.22. The standard InChI is InChI=1S/C18H17FN2O4/c1-12(22)21(16-5-3-4-13(10-16)18(24)25-2)11-17(23)20-15-8-6-14(19)7-9-15/h3-10H,11H2,1-2H3,(H,20,23). The zero-order chi connectivity index (χ0) is 18.4. The number of nitrogens with one attached hydrogen (secondary N) is 1. The number of anilines is 2. The smallest absolute Gasteiger partial charge is 0.337 e. The van der Waals surface area contributed by atoms with Crippen LogP contribution in [-0.2, 0) is 14.3 Å². The molecule has 7 heteroatoms. The van der Waals surface area contributed by atoms with Crippen LogP contribution in [0.25, 0.3) is 0 Å². The van der Waals surface area contributed by atoms with Crippen molar-refractivity contribution in [1.82, 2.24) is 0 Å². The summed E-state index contributed by atoms with van der Waals surface area (Å²) in [6.45, 7) is 1.06. The second kappa shape index (κ2) is 8.05. The maximum Gasteiger partial charge on any atom is 0.337 e. The van der Waals surface area contributed by atoms with Crippen molar-refractivity contribution in [2.45, 2.75) is 6.92 Å². The molecule has 0 aliphatic rings. The Morgan fingerprint density at radius 3 is 2.40 bits per heavy atom. The number of nitrogens with zero attached hydrogens (tertiary/aromatic N) is 1. The van der Waals surface area contributed by atoms with Gasteiger partial charge in [0.05, 0.1) is 12.7 Å². The summed E-state index contributed by atoms with van der Waals surface area (Å²) in [4.78, 5) is 36.9. The number of methoxy groups -OCH3 is 1. The second-order valence-corrected chi connectivity index (χ2v) is 5.20. The van der Waals surface area contributed by atoms with E-state index in [2.05, 4.69) is 10.1 Å². The van der Waals surface area contributed by atoms with Gasteiger partial charge < -0.3 is 15.0 Å². The average Bonchev–Trinajstić information content (AvgIpc) is 2.60. The maximum atomic E-state index is 12.9. The number of esters is 1. The fraction of sp³-hybridized carbons (Fsp3) is 0.167. The van der Waals surface area contributed by atoms with E-state index < -0.39 is 17.7 Å². The van der Waals surface area contributed by atoms with Crippen LogP contribution in [0.4, 0.5) is 15.8 Å². The van der Waals surface area contributed by atoms with Crippen molar-refractivity contribution in [3.05, 3.63) is 59.9 Å². The fourth-order valence-corrected chi connectivity index (χ4v) is 2.18. The van der Waals surface area contributed by atoms with E-state index in [1.165, 1.54) is 49.3 Å². The third-order valence-corrected chi connectivity index (χ3v) is 3.39. The summed E-state index contributed by atoms with van der Waals surface area (Å²) >= 11 is 0. The molecular formula is C18H17FN2O4. The number of carbonyl (C=O) groups excluding carboxylic acids is 3. The molecule has 2 aromatic rings. The molecule has 0 spiro atoms. The van der Waals surface area contributed by atoms with Crippen molar-refractivity contribution in [1.29, 1.82) is 0 Å². The van der Waals surface area contributed by atoms with Gasteiger partial charge in [-0.15, -0.1) is 0 Å². The molecule has 0 saturated heterocycles. The lowest BCUT2D eigenvalue weighted by Crippen LogP contribution is -2.36. The van der Waals surface area contributed by atoms with Crippen molar-refractivity contribution < 1.29 is 23.5 Å². The molecule has 25 heavy (non-hydrogen) atoms. The zero-order valence-electron chi connectivity index (χ0n) is 13.8. The van der Waals surface area contributed by atoms with Crippen LogP contribution in [0.15, 0.2) is 48.5 Å². The molecular weight excluding hydrogens is 327 g/mol. The first-order valence-corrected chi connectivity index (χ1v) is 7.42. The molecule has 0 fully saturated rings. The van der Waals surface area contributed by atoms with E-state index in [0.717, 1.165) is 0 Å². The van der Waals surface area contributed by atoms with E-state index in [1.807, 2.05) is 0 Å². The first-order valence-electron chi connectivity index (χ1n) is 7.42. The van der Waals surface area contributed by atoms with Crippen LogP contribution in [0.3, 0.4) is 0 Å². The Morgan fingerprint density at radius 2 is 1.80 bits per heavy atom. The third-order valence-electron chi connectivity index (χ3n) is 3.39. The number of halogens is 1. The highest BCUT2D eigenvalue weighted by molar-refractivity contribution is 6.02. The molecule has 0 aliphatic carbocycles. The molecule has 0 saturated carbocycles. The predicted molar refractivity (Wildman–Crippen MR) is 90.8 cm³/mol. The fourth-order valence-electron chi connectivity index (χ4n) is 2.18. The molecule has 0 aliphatic heterocycles. The molecule has 1 N–H and O–H groups in total. The zero-order valence-corrected chi connectivity index (χ0v) is 13.8. The molecule has 0 bridgehead atoms. The number of hydrogen-bond acceptors (Lipinski definition) is 4. The Kier molecular flexibility index (Phi) is 5.84. The summed E-state index contributed by atoms with van der Waals surface area (Å²) in [5.74, 6) is -1.77. The van der Waals surface area contributed by atoms with Gasteiger partial charge in [0, 0.05) is 18.3 Å². The lowest BCUT2D eigenvalue weighted by molar-refractivity contribution is -0.120. The van der Waals surface area contributed by atoms with E-state index in [9.17, 15) is 18.8 Å². The molecule has 0 radical (unpaired) electrons. The Balaban J connectivity index is 2.15. The lowest BCUT2D eigenvalue weighted by atomic mass is 10.2. The number of amides is 2. The summed E-state index contributed by atoms with van der Waals surface area (Å²) in [5, 5.41) is 2.58. The summed E-state index contributed by atoms with van der Waals surface area (Å²) in [6, 6.07) is 11.5. The van der Waals surface area contributed by atoms with Gasteiger partial charge in [0.15, 0.2) is 0 Å². The quantitative estimate of drug-likeness (QED) is 0.846. The minimum absolute atomic E-state index is 0.253. The highest BCUT2D eigenvalue weighted by Crippen LogP contribution is 2.18. The van der Waals surface area contributed by atoms with Gasteiger partial charge in [-0.3, -0.25) is 9.59 Å². The van der Waals surface area contributed by atoms with Gasteiger partial charge in [-0.1, -0.05) is 6.07 Å². The van der Waals surface area contributed by atoms with Crippen molar-refractivity contribution in [2.24, 2.45) is 0 Å². The number of benzene rings is 2. The first-order chi connectivity index (χ1) is 11.9. The summed E-state index contributed by atoms with van der Waals surface area (Å²) in [5.41, 5.74) is 1.08. The largest absolute Gasteiger partial charge is 0.465 e. The van der Waals surface area contributed by atoms with E-state index in [-0.39, 0.29) is 18.0 Å². The van der Waals surface area contributed by atoms with Crippen LogP contribution < -0.4 is 10.2 Å². The van der Waals surface area contributed by atoms with Crippen LogP contribution in [0, 0.1) is 5.82 Å². The SMILES string of the molecule is COC(=O)c1cccc(N(CC(=O)Nc2ccc(F)cc2)C(C)=O)c1. The molecule has 0 heterocycles. The van der Waals surface area contributed by atoms with Gasteiger partial charge in [-0.2, -0.15) is 0 Å². The molecule has 0 aromatic heterocycles. The van der Waals surface area contributed by atoms with Gasteiger partial charge in [-0.25, -0.2) is 9.18 Å². The van der Waals surface area contributed by atoms with E-state index in [4.69, 9.17) is 0 Å². The van der Waals surface area contributed by atoms with Gasteiger partial charge >= 0.3 is 5.97 Å². The number of ether oxygens (including phenoxy) is 1. The molecule has 2 rings (SSSR count). The molecule has 2 amide bonds. The highest BCUT2D eigenvalue weighted by Gasteiger charge is 2.17. The van der Waals surface area contributed by atoms with Crippen LogP contribution in [0.1, 0.15) is 17.3 Å². The highest BCUT2D eigenvalue weighted by atomic mass is 19.1.